The zero-order chi connectivity index (χ0) is 16.4. The van der Waals surface area contributed by atoms with E-state index in [2.05, 4.69) is 20.2 Å². The van der Waals surface area contributed by atoms with E-state index in [9.17, 15) is 9.59 Å². The molecule has 120 valence electrons. The first-order valence-electron chi connectivity index (χ1n) is 7.54. The number of amides is 2. The lowest BCUT2D eigenvalue weighted by molar-refractivity contribution is -0.121. The zero-order valence-corrected chi connectivity index (χ0v) is 13.8. The number of nitrogens with zero attached hydrogens (tertiary/aromatic N) is 2. The summed E-state index contributed by atoms with van der Waals surface area (Å²) in [6.07, 6.45) is 0.228. The van der Waals surface area contributed by atoms with Crippen LogP contribution in [0.15, 0.2) is 24.3 Å². The third-order valence-corrected chi connectivity index (χ3v) is 4.59. The van der Waals surface area contributed by atoms with Crippen LogP contribution < -0.4 is 10.6 Å². The number of carbonyl (C=O) groups excluding carboxylic acids is 2. The van der Waals surface area contributed by atoms with Crippen LogP contribution in [0, 0.1) is 0 Å². The molecule has 1 aromatic heterocycles. The van der Waals surface area contributed by atoms with E-state index < -0.39 is 0 Å². The van der Waals surface area contributed by atoms with Gasteiger partial charge in [-0.25, -0.2) is 0 Å². The summed E-state index contributed by atoms with van der Waals surface area (Å²) in [6, 6.07) is 7.10. The molecule has 2 N–H and O–H groups in total. The van der Waals surface area contributed by atoms with Crippen molar-refractivity contribution >= 4 is 23.3 Å². The molecule has 1 atom stereocenters. The molecule has 0 saturated carbocycles. The van der Waals surface area contributed by atoms with Gasteiger partial charge in [0.15, 0.2) is 0 Å². The molecule has 0 aliphatic carbocycles. The molecule has 2 heterocycles. The maximum atomic E-state index is 12.2. The monoisotopic (exact) mass is 330 g/mol. The van der Waals surface area contributed by atoms with Crippen LogP contribution in [-0.2, 0) is 11.3 Å². The van der Waals surface area contributed by atoms with E-state index in [1.54, 1.807) is 6.07 Å². The molecule has 0 bridgehead atoms. The molecule has 2 aromatic rings. The van der Waals surface area contributed by atoms with Gasteiger partial charge in [0, 0.05) is 5.56 Å². The number of fused-ring (bicyclic) bond motifs is 1. The van der Waals surface area contributed by atoms with E-state index in [-0.39, 0.29) is 30.2 Å². The molecule has 3 rings (SSSR count). The molecule has 1 aromatic carbocycles. The molecular formula is C16H18N4O2S. The van der Waals surface area contributed by atoms with Crippen LogP contribution >= 0.6 is 11.5 Å². The average molecular weight is 330 g/mol. The highest BCUT2D eigenvalue weighted by Crippen LogP contribution is 2.27. The van der Waals surface area contributed by atoms with Crippen LogP contribution in [0.1, 0.15) is 58.7 Å². The van der Waals surface area contributed by atoms with E-state index in [4.69, 9.17) is 0 Å². The lowest BCUT2D eigenvalue weighted by atomic mass is 10.0. The summed E-state index contributed by atoms with van der Waals surface area (Å²) in [5.74, 6) is 0.0592. The van der Waals surface area contributed by atoms with Crippen molar-refractivity contribution in [2.24, 2.45) is 0 Å². The molecule has 1 aliphatic rings. The number of benzene rings is 1. The molecule has 0 saturated heterocycles. The van der Waals surface area contributed by atoms with Crippen molar-refractivity contribution in [3.05, 3.63) is 46.0 Å². The molecule has 1 aliphatic heterocycles. The summed E-state index contributed by atoms with van der Waals surface area (Å²) >= 11 is 1.31. The Kier molecular flexibility index (Phi) is 4.38. The van der Waals surface area contributed by atoms with Gasteiger partial charge in [0.25, 0.3) is 5.91 Å². The van der Waals surface area contributed by atoms with Gasteiger partial charge >= 0.3 is 0 Å². The summed E-state index contributed by atoms with van der Waals surface area (Å²) in [5.41, 5.74) is 2.46. The van der Waals surface area contributed by atoms with Gasteiger partial charge in [-0.2, -0.15) is 0 Å². The lowest BCUT2D eigenvalue weighted by Crippen LogP contribution is -2.28. The zero-order valence-electron chi connectivity index (χ0n) is 13.0. The number of nitrogens with one attached hydrogen (secondary N) is 2. The molecule has 0 spiro atoms. The first-order valence-corrected chi connectivity index (χ1v) is 8.31. The smallest absolute Gasteiger partial charge is 0.252 e. The van der Waals surface area contributed by atoms with Crippen LogP contribution in [0.2, 0.25) is 0 Å². The fourth-order valence-corrected chi connectivity index (χ4v) is 3.43. The van der Waals surface area contributed by atoms with Crippen LogP contribution in [0.25, 0.3) is 0 Å². The first-order chi connectivity index (χ1) is 11.1. The fraction of sp³-hybridized carbons (Fsp3) is 0.375. The van der Waals surface area contributed by atoms with Crippen molar-refractivity contribution < 1.29 is 9.59 Å². The standard InChI is InChI=1S/C16H18N4O2S/c1-9(2)15-13(23-20-19-15)8-17-14(21)7-12-10-5-3-4-6-11(10)16(22)18-12/h3-6,9,12H,7-8H2,1-2H3,(H,17,21)(H,18,22). The van der Waals surface area contributed by atoms with Gasteiger partial charge in [-0.3, -0.25) is 9.59 Å². The lowest BCUT2D eigenvalue weighted by Gasteiger charge is -2.12. The highest BCUT2D eigenvalue weighted by atomic mass is 32.1. The van der Waals surface area contributed by atoms with Gasteiger partial charge in [0.1, 0.15) is 0 Å². The summed E-state index contributed by atoms with van der Waals surface area (Å²) in [6.45, 7) is 4.52. The molecule has 0 radical (unpaired) electrons. The van der Waals surface area contributed by atoms with Crippen LogP contribution in [0.5, 0.6) is 0 Å². The SMILES string of the molecule is CC(C)c1nnsc1CNC(=O)CC1NC(=O)c2ccccc21. The summed E-state index contributed by atoms with van der Waals surface area (Å²) in [4.78, 5) is 25.0. The number of aromatic nitrogens is 2. The quantitative estimate of drug-likeness (QED) is 0.880. The van der Waals surface area contributed by atoms with Gasteiger partial charge in [-0.05, 0) is 29.1 Å². The van der Waals surface area contributed by atoms with Crippen molar-refractivity contribution in [2.45, 2.75) is 38.8 Å². The Morgan fingerprint density at radius 3 is 2.96 bits per heavy atom. The molecular weight excluding hydrogens is 312 g/mol. The summed E-state index contributed by atoms with van der Waals surface area (Å²) in [5, 5.41) is 9.84. The Balaban J connectivity index is 1.60. The van der Waals surface area contributed by atoms with Crippen molar-refractivity contribution in [1.82, 2.24) is 20.2 Å². The first kappa shape index (κ1) is 15.6. The predicted molar refractivity (Wildman–Crippen MR) is 87.1 cm³/mol. The van der Waals surface area contributed by atoms with Crippen molar-refractivity contribution in [2.75, 3.05) is 0 Å². The Bertz CT molecular complexity index is 741. The van der Waals surface area contributed by atoms with E-state index in [0.717, 1.165) is 16.1 Å². The van der Waals surface area contributed by atoms with Crippen molar-refractivity contribution in [1.29, 1.82) is 0 Å². The second-order valence-corrected chi connectivity index (χ2v) is 6.67. The van der Waals surface area contributed by atoms with E-state index in [1.165, 1.54) is 11.5 Å². The van der Waals surface area contributed by atoms with Gasteiger partial charge in [0.2, 0.25) is 5.91 Å². The molecule has 23 heavy (non-hydrogen) atoms. The van der Waals surface area contributed by atoms with Crippen molar-refractivity contribution in [3.8, 4) is 0 Å². The maximum absolute atomic E-state index is 12.2. The Labute approximate surface area is 138 Å². The van der Waals surface area contributed by atoms with Gasteiger partial charge < -0.3 is 10.6 Å². The van der Waals surface area contributed by atoms with E-state index in [0.29, 0.717) is 12.1 Å². The molecule has 7 heteroatoms. The van der Waals surface area contributed by atoms with Gasteiger partial charge in [0.05, 0.1) is 29.6 Å². The Morgan fingerprint density at radius 1 is 1.39 bits per heavy atom. The van der Waals surface area contributed by atoms with Crippen molar-refractivity contribution in [3.63, 3.8) is 0 Å². The van der Waals surface area contributed by atoms with Gasteiger partial charge in [-0.15, -0.1) is 5.10 Å². The molecule has 2 amide bonds. The second-order valence-electron chi connectivity index (χ2n) is 5.83. The second kappa shape index (κ2) is 6.45. The third kappa shape index (κ3) is 3.24. The molecule has 1 unspecified atom stereocenters. The minimum Gasteiger partial charge on any atom is -0.351 e. The fourth-order valence-electron chi connectivity index (χ4n) is 2.70. The van der Waals surface area contributed by atoms with Gasteiger partial charge in [-0.1, -0.05) is 36.5 Å². The van der Waals surface area contributed by atoms with E-state index >= 15 is 0 Å². The minimum absolute atomic E-state index is 0.102. The molecule has 0 fully saturated rings. The van der Waals surface area contributed by atoms with Crippen LogP contribution in [0.4, 0.5) is 0 Å². The highest BCUT2D eigenvalue weighted by Gasteiger charge is 2.29. The highest BCUT2D eigenvalue weighted by molar-refractivity contribution is 7.05. The average Bonchev–Trinajstić information content (AvgIpc) is 3.11. The van der Waals surface area contributed by atoms with Crippen LogP contribution in [-0.4, -0.2) is 21.4 Å². The number of hydrogen-bond acceptors (Lipinski definition) is 5. The third-order valence-electron chi connectivity index (χ3n) is 3.85. The van der Waals surface area contributed by atoms with E-state index in [1.807, 2.05) is 32.0 Å². The Hall–Kier alpha value is -2.28. The van der Waals surface area contributed by atoms with Crippen LogP contribution in [0.3, 0.4) is 0 Å². The summed E-state index contributed by atoms with van der Waals surface area (Å²) < 4.78 is 3.95. The minimum atomic E-state index is -0.261. The number of hydrogen-bond donors (Lipinski definition) is 2. The largest absolute Gasteiger partial charge is 0.351 e. The number of rotatable bonds is 5. The Morgan fingerprint density at radius 2 is 2.17 bits per heavy atom. The molecule has 6 nitrogen and oxygen atoms in total. The predicted octanol–water partition coefficient (Wildman–Crippen LogP) is 2.15. The maximum Gasteiger partial charge on any atom is 0.252 e. The summed E-state index contributed by atoms with van der Waals surface area (Å²) in [7, 11) is 0. The normalized spacial score (nSPS) is 16.3. The topological polar surface area (TPSA) is 84.0 Å². The number of carbonyl (C=O) groups is 2.